The van der Waals surface area contributed by atoms with Crippen LogP contribution >= 0.6 is 23.4 Å². The van der Waals surface area contributed by atoms with Gasteiger partial charge in [0.05, 0.1) is 11.2 Å². The number of nitrogens with zero attached hydrogens (tertiary/aromatic N) is 4. The van der Waals surface area contributed by atoms with Gasteiger partial charge in [0.1, 0.15) is 30.2 Å². The highest BCUT2D eigenvalue weighted by atomic mass is 35.5. The van der Waals surface area contributed by atoms with Crippen LogP contribution in [0.4, 0.5) is 0 Å². The van der Waals surface area contributed by atoms with Gasteiger partial charge in [0, 0.05) is 0 Å². The van der Waals surface area contributed by atoms with E-state index in [4.69, 9.17) is 20.8 Å². The van der Waals surface area contributed by atoms with E-state index in [2.05, 4.69) is 15.3 Å². The van der Waals surface area contributed by atoms with Gasteiger partial charge in [-0.15, -0.1) is 10.2 Å². The van der Waals surface area contributed by atoms with Crippen LogP contribution in [0.5, 0.6) is 5.75 Å². The molecule has 2 aromatic heterocycles. The summed E-state index contributed by atoms with van der Waals surface area (Å²) in [4.78, 5) is 0. The second-order valence-electron chi connectivity index (χ2n) is 5.11. The average Bonchev–Trinajstić information content (AvgIpc) is 3.22. The lowest BCUT2D eigenvalue weighted by molar-refractivity contribution is 0.268. The van der Waals surface area contributed by atoms with Crippen molar-refractivity contribution >= 4 is 29.6 Å². The van der Waals surface area contributed by atoms with E-state index in [1.54, 1.807) is 35.0 Å². The molecule has 0 saturated heterocycles. The lowest BCUT2D eigenvalue weighted by atomic mass is 10.2. The summed E-state index contributed by atoms with van der Waals surface area (Å²) in [5.41, 5.74) is 0.981. The first-order chi connectivity index (χ1) is 12.2. The molecule has 0 amide bonds. The molecule has 0 unspecified atom stereocenters. The molecule has 0 radical (unpaired) electrons. The molecule has 130 valence electrons. The number of thioether (sulfide) groups is 1. The predicted octanol–water partition coefficient (Wildman–Crippen LogP) is 4.41. The Morgan fingerprint density at radius 2 is 2.24 bits per heavy atom. The zero-order valence-electron chi connectivity index (χ0n) is 13.8. The lowest BCUT2D eigenvalue weighted by Crippen LogP contribution is -1.96. The van der Waals surface area contributed by atoms with Gasteiger partial charge in [0.15, 0.2) is 0 Å². The summed E-state index contributed by atoms with van der Waals surface area (Å²) in [6.07, 6.45) is 3.18. The van der Waals surface area contributed by atoms with Crippen LogP contribution in [0.15, 0.2) is 51.3 Å². The summed E-state index contributed by atoms with van der Waals surface area (Å²) in [5.74, 6) is 2.88. The van der Waals surface area contributed by atoms with Crippen molar-refractivity contribution in [2.45, 2.75) is 25.6 Å². The summed E-state index contributed by atoms with van der Waals surface area (Å²) < 4.78 is 13.1. The number of halogens is 1. The van der Waals surface area contributed by atoms with Gasteiger partial charge < -0.3 is 9.15 Å². The van der Waals surface area contributed by atoms with E-state index in [0.717, 1.165) is 16.5 Å². The Morgan fingerprint density at radius 3 is 3.04 bits per heavy atom. The van der Waals surface area contributed by atoms with Crippen molar-refractivity contribution in [2.75, 3.05) is 5.75 Å². The number of rotatable bonds is 7. The number of hydrogen-bond donors (Lipinski definition) is 0. The highest BCUT2D eigenvalue weighted by Crippen LogP contribution is 2.28. The van der Waals surface area contributed by atoms with Gasteiger partial charge in [0.2, 0.25) is 5.16 Å². The van der Waals surface area contributed by atoms with Gasteiger partial charge in [-0.25, -0.2) is 0 Å². The standard InChI is InChI=1S/C17H17ClN4O2S/c1-3-25-17-21-19-11-22(17)20-9-13-7-8-14(24-13)10-23-16-12(2)5-4-6-15(16)18/h4-9,11H,3,10H2,1-2H3/b20-9+. The van der Waals surface area contributed by atoms with Crippen LogP contribution in [-0.2, 0) is 6.61 Å². The summed E-state index contributed by atoms with van der Waals surface area (Å²) in [5, 5.41) is 13.5. The molecule has 0 fully saturated rings. The first-order valence-electron chi connectivity index (χ1n) is 7.71. The maximum Gasteiger partial charge on any atom is 0.211 e. The largest absolute Gasteiger partial charge is 0.484 e. The van der Waals surface area contributed by atoms with E-state index in [9.17, 15) is 0 Å². The maximum atomic E-state index is 6.15. The van der Waals surface area contributed by atoms with Gasteiger partial charge >= 0.3 is 0 Å². The molecule has 8 heteroatoms. The van der Waals surface area contributed by atoms with Crippen molar-refractivity contribution in [1.29, 1.82) is 0 Å². The van der Waals surface area contributed by atoms with Gasteiger partial charge in [-0.3, -0.25) is 0 Å². The molecular weight excluding hydrogens is 360 g/mol. The van der Waals surface area contributed by atoms with Crippen LogP contribution < -0.4 is 4.74 Å². The Labute approximate surface area is 154 Å². The highest BCUT2D eigenvalue weighted by molar-refractivity contribution is 7.99. The molecule has 0 N–H and O–H groups in total. The number of para-hydroxylation sites is 1. The van der Waals surface area contributed by atoms with Crippen molar-refractivity contribution in [3.63, 3.8) is 0 Å². The van der Waals surface area contributed by atoms with E-state index in [1.165, 1.54) is 0 Å². The Bertz CT molecular complexity index is 855. The monoisotopic (exact) mass is 376 g/mol. The van der Waals surface area contributed by atoms with Gasteiger partial charge in [-0.2, -0.15) is 9.78 Å². The minimum absolute atomic E-state index is 0.294. The third-order valence-electron chi connectivity index (χ3n) is 3.29. The third kappa shape index (κ3) is 4.43. The average molecular weight is 377 g/mol. The molecule has 1 aromatic carbocycles. The van der Waals surface area contributed by atoms with Gasteiger partial charge in [-0.05, 0) is 36.4 Å². The third-order valence-corrected chi connectivity index (χ3v) is 4.40. The number of benzene rings is 1. The fraction of sp³-hybridized carbons (Fsp3) is 0.235. The molecule has 2 heterocycles. The number of ether oxygens (including phenoxy) is 1. The van der Waals surface area contributed by atoms with Crippen LogP contribution in [0, 0.1) is 6.92 Å². The molecule has 0 atom stereocenters. The minimum atomic E-state index is 0.294. The van der Waals surface area contributed by atoms with E-state index in [0.29, 0.717) is 28.9 Å². The second kappa shape index (κ2) is 8.22. The van der Waals surface area contributed by atoms with E-state index in [-0.39, 0.29) is 0 Å². The van der Waals surface area contributed by atoms with E-state index in [1.807, 2.05) is 38.1 Å². The number of hydrogen-bond acceptors (Lipinski definition) is 6. The number of aryl methyl sites for hydroxylation is 1. The smallest absolute Gasteiger partial charge is 0.211 e. The van der Waals surface area contributed by atoms with Crippen molar-refractivity contribution in [3.05, 3.63) is 58.8 Å². The van der Waals surface area contributed by atoms with E-state index >= 15 is 0 Å². The Balaban J connectivity index is 1.64. The topological polar surface area (TPSA) is 65.4 Å². The van der Waals surface area contributed by atoms with Crippen LogP contribution in [0.3, 0.4) is 0 Å². The lowest BCUT2D eigenvalue weighted by Gasteiger charge is -2.09. The molecule has 0 bridgehead atoms. The molecule has 0 aliphatic rings. The summed E-state index contributed by atoms with van der Waals surface area (Å²) in [6.45, 7) is 4.29. The first kappa shape index (κ1) is 17.6. The van der Waals surface area contributed by atoms with Crippen LogP contribution in [-0.4, -0.2) is 26.8 Å². The molecule has 0 aliphatic carbocycles. The molecular formula is C17H17ClN4O2S. The molecule has 3 rings (SSSR count). The van der Waals surface area contributed by atoms with Crippen molar-refractivity contribution in [1.82, 2.24) is 14.9 Å². The van der Waals surface area contributed by atoms with Crippen molar-refractivity contribution < 1.29 is 9.15 Å². The number of aromatic nitrogens is 3. The first-order valence-corrected chi connectivity index (χ1v) is 9.07. The van der Waals surface area contributed by atoms with Crippen LogP contribution in [0.1, 0.15) is 24.0 Å². The molecule has 6 nitrogen and oxygen atoms in total. The van der Waals surface area contributed by atoms with Gasteiger partial charge in [-0.1, -0.05) is 42.4 Å². The quantitative estimate of drug-likeness (QED) is 0.451. The van der Waals surface area contributed by atoms with Crippen molar-refractivity contribution in [3.8, 4) is 5.75 Å². The minimum Gasteiger partial charge on any atom is -0.484 e. The second-order valence-corrected chi connectivity index (χ2v) is 6.75. The molecule has 25 heavy (non-hydrogen) atoms. The Morgan fingerprint density at radius 1 is 1.36 bits per heavy atom. The fourth-order valence-corrected chi connectivity index (χ4v) is 2.99. The molecule has 0 spiro atoms. The Hall–Kier alpha value is -2.25. The molecule has 0 aliphatic heterocycles. The summed E-state index contributed by atoms with van der Waals surface area (Å²) in [7, 11) is 0. The Kier molecular flexibility index (Phi) is 5.78. The van der Waals surface area contributed by atoms with Crippen molar-refractivity contribution in [2.24, 2.45) is 5.10 Å². The zero-order chi connectivity index (χ0) is 17.6. The normalized spacial score (nSPS) is 11.3. The van der Waals surface area contributed by atoms with Crippen LogP contribution in [0.25, 0.3) is 0 Å². The fourth-order valence-electron chi connectivity index (χ4n) is 2.13. The SMILES string of the molecule is CCSc1nncn1/N=C/c1ccc(COc2c(C)cccc2Cl)o1. The number of furan rings is 1. The highest BCUT2D eigenvalue weighted by Gasteiger charge is 2.07. The zero-order valence-corrected chi connectivity index (χ0v) is 15.4. The molecule has 0 saturated carbocycles. The van der Waals surface area contributed by atoms with Gasteiger partial charge in [0.25, 0.3) is 0 Å². The molecule has 3 aromatic rings. The predicted molar refractivity (Wildman–Crippen MR) is 98.6 cm³/mol. The summed E-state index contributed by atoms with van der Waals surface area (Å²) in [6, 6.07) is 9.32. The summed E-state index contributed by atoms with van der Waals surface area (Å²) >= 11 is 7.72. The maximum absolute atomic E-state index is 6.15. The van der Waals surface area contributed by atoms with Crippen LogP contribution in [0.2, 0.25) is 5.02 Å². The van der Waals surface area contributed by atoms with E-state index < -0.39 is 0 Å².